The Morgan fingerprint density at radius 2 is 1.29 bits per heavy atom. The molecule has 2 rings (SSSR count). The van der Waals surface area contributed by atoms with Crippen molar-refractivity contribution in [1.82, 2.24) is 0 Å². The molecule has 134 valence electrons. The van der Waals surface area contributed by atoms with Gasteiger partial charge < -0.3 is 19.7 Å². The maximum absolute atomic E-state index is 11.9. The lowest BCUT2D eigenvalue weighted by Crippen LogP contribution is -2.50. The van der Waals surface area contributed by atoms with Gasteiger partial charge in [0.25, 0.3) is 0 Å². The van der Waals surface area contributed by atoms with Crippen LogP contribution >= 0.6 is 0 Å². The zero-order valence-corrected chi connectivity index (χ0v) is 14.0. The van der Waals surface area contributed by atoms with Crippen LogP contribution in [-0.4, -0.2) is 35.7 Å². The van der Waals surface area contributed by atoms with Gasteiger partial charge in [-0.15, -0.1) is 0 Å². The lowest BCUT2D eigenvalue weighted by molar-refractivity contribution is -0.149. The predicted molar refractivity (Wildman–Crippen MR) is 86.4 cm³/mol. The topological polar surface area (TPSA) is 93.1 Å². The Balaban J connectivity index is 2.17. The number of ether oxygens (including phenoxy) is 2. The fourth-order valence-electron chi connectivity index (χ4n) is 4.56. The Bertz CT molecular complexity index is 498. The largest absolute Gasteiger partial charge is 0.435 e. The Morgan fingerprint density at radius 1 is 0.833 bits per heavy atom. The molecule has 0 aromatic rings. The lowest BCUT2D eigenvalue weighted by Gasteiger charge is -2.59. The molecule has 24 heavy (non-hydrogen) atoms. The van der Waals surface area contributed by atoms with Gasteiger partial charge in [-0.25, -0.2) is 9.59 Å². The summed E-state index contributed by atoms with van der Waals surface area (Å²) in [5.41, 5.74) is 0.440. The van der Waals surface area contributed by atoms with Gasteiger partial charge in [-0.1, -0.05) is 26.0 Å². The number of rotatable bonds is 8. The summed E-state index contributed by atoms with van der Waals surface area (Å²) in [4.78, 5) is 23.7. The molecule has 0 aliphatic heterocycles. The van der Waals surface area contributed by atoms with Gasteiger partial charge in [-0.2, -0.15) is 0 Å². The third kappa shape index (κ3) is 3.39. The first-order valence-corrected chi connectivity index (χ1v) is 8.31. The van der Waals surface area contributed by atoms with Gasteiger partial charge in [-0.3, -0.25) is 0 Å². The van der Waals surface area contributed by atoms with Crippen molar-refractivity contribution in [1.29, 1.82) is 0 Å². The van der Waals surface area contributed by atoms with Gasteiger partial charge in [0.1, 0.15) is 0 Å². The number of hydrogen-bond acceptors (Lipinski definition) is 6. The first-order chi connectivity index (χ1) is 11.4. The summed E-state index contributed by atoms with van der Waals surface area (Å²) in [5.74, 6) is -1.22. The predicted octanol–water partition coefficient (Wildman–Crippen LogP) is 2.21. The van der Waals surface area contributed by atoms with Gasteiger partial charge in [-0.05, 0) is 49.4 Å². The van der Waals surface area contributed by atoms with Crippen LogP contribution in [0, 0.1) is 10.8 Å². The maximum atomic E-state index is 11.9. The van der Waals surface area contributed by atoms with Crippen LogP contribution in [0.4, 0.5) is 0 Å². The summed E-state index contributed by atoms with van der Waals surface area (Å²) in [6.07, 6.45) is 7.19. The quantitative estimate of drug-likeness (QED) is 0.400. The molecule has 1 spiro atoms. The van der Waals surface area contributed by atoms with E-state index in [0.29, 0.717) is 24.0 Å². The third-order valence-corrected chi connectivity index (χ3v) is 5.84. The van der Waals surface area contributed by atoms with Crippen molar-refractivity contribution in [2.24, 2.45) is 10.8 Å². The molecular formula is C18H26O6. The Hall–Kier alpha value is -1.66. The summed E-state index contributed by atoms with van der Waals surface area (Å²) in [6.45, 7) is 6.27. The van der Waals surface area contributed by atoms with Crippen LogP contribution in [0.3, 0.4) is 0 Å². The van der Waals surface area contributed by atoms with Crippen LogP contribution in [0.2, 0.25) is 0 Å². The molecule has 0 aromatic heterocycles. The highest BCUT2D eigenvalue weighted by Gasteiger charge is 2.59. The van der Waals surface area contributed by atoms with Crippen LogP contribution in [0.25, 0.3) is 0 Å². The summed E-state index contributed by atoms with van der Waals surface area (Å²) in [7, 11) is 0. The van der Waals surface area contributed by atoms with E-state index in [-0.39, 0.29) is 10.8 Å². The Morgan fingerprint density at radius 3 is 1.62 bits per heavy atom. The number of esters is 2. The van der Waals surface area contributed by atoms with Crippen molar-refractivity contribution in [3.63, 3.8) is 0 Å². The summed E-state index contributed by atoms with van der Waals surface area (Å²) in [5, 5.41) is 17.5. The van der Waals surface area contributed by atoms with Gasteiger partial charge >= 0.3 is 11.9 Å². The molecule has 0 heterocycles. The monoisotopic (exact) mass is 338 g/mol. The highest BCUT2D eigenvalue weighted by molar-refractivity contribution is 5.89. The number of hydrogen-bond donors (Lipinski definition) is 2. The molecule has 0 bridgehead atoms. The number of aliphatic hydroxyl groups is 2. The second kappa shape index (κ2) is 7.49. The fourth-order valence-corrected chi connectivity index (χ4v) is 4.56. The molecular weight excluding hydrogens is 312 g/mol. The van der Waals surface area contributed by atoms with Gasteiger partial charge in [0.05, 0.1) is 0 Å². The molecule has 0 aromatic carbocycles. The maximum Gasteiger partial charge on any atom is 0.335 e. The summed E-state index contributed by atoms with van der Waals surface area (Å²) < 4.78 is 9.26. The molecule has 0 amide bonds. The first kappa shape index (κ1) is 18.7. The van der Waals surface area contributed by atoms with Gasteiger partial charge in [0.15, 0.2) is 13.6 Å². The molecule has 6 heteroatoms. The SMILES string of the molecule is C=C(CC1(CC(=C)C(=O)OCO)CCC12CCCC2)C(=O)OCO. The van der Waals surface area contributed by atoms with Crippen molar-refractivity contribution in [3.05, 3.63) is 24.3 Å². The molecule has 0 radical (unpaired) electrons. The molecule has 0 unspecified atom stereocenters. The second-order valence-corrected chi connectivity index (χ2v) is 6.95. The molecule has 2 aliphatic rings. The molecule has 2 saturated carbocycles. The second-order valence-electron chi connectivity index (χ2n) is 6.95. The zero-order valence-electron chi connectivity index (χ0n) is 14.0. The number of carbonyl (C=O) groups is 2. The van der Waals surface area contributed by atoms with Crippen LogP contribution in [0.15, 0.2) is 24.3 Å². The van der Waals surface area contributed by atoms with E-state index >= 15 is 0 Å². The highest BCUT2D eigenvalue weighted by atomic mass is 16.6. The minimum Gasteiger partial charge on any atom is -0.435 e. The Labute approximate surface area is 142 Å². The fraction of sp³-hybridized carbons (Fsp3) is 0.667. The van der Waals surface area contributed by atoms with Crippen LogP contribution in [0.5, 0.6) is 0 Å². The van der Waals surface area contributed by atoms with Crippen LogP contribution in [-0.2, 0) is 19.1 Å². The average Bonchev–Trinajstić information content (AvgIpc) is 3.05. The minimum absolute atomic E-state index is 0.0951. The molecule has 0 atom stereocenters. The van der Waals surface area contributed by atoms with E-state index in [9.17, 15) is 9.59 Å². The molecule has 6 nitrogen and oxygen atoms in total. The molecule has 2 N–H and O–H groups in total. The molecule has 2 aliphatic carbocycles. The smallest absolute Gasteiger partial charge is 0.335 e. The van der Waals surface area contributed by atoms with Crippen LogP contribution < -0.4 is 0 Å². The minimum atomic E-state index is -0.675. The van der Waals surface area contributed by atoms with Crippen molar-refractivity contribution in [2.45, 2.75) is 51.4 Å². The molecule has 2 fully saturated rings. The average molecular weight is 338 g/mol. The third-order valence-electron chi connectivity index (χ3n) is 5.84. The van der Waals surface area contributed by atoms with Gasteiger partial charge in [0.2, 0.25) is 0 Å². The number of aliphatic hydroxyl groups excluding tert-OH is 2. The van der Waals surface area contributed by atoms with Crippen molar-refractivity contribution in [2.75, 3.05) is 13.6 Å². The Kier molecular flexibility index (Phi) is 5.83. The van der Waals surface area contributed by atoms with E-state index in [0.717, 1.165) is 38.5 Å². The van der Waals surface area contributed by atoms with E-state index in [1.54, 1.807) is 0 Å². The van der Waals surface area contributed by atoms with Crippen molar-refractivity contribution in [3.8, 4) is 0 Å². The highest BCUT2D eigenvalue weighted by Crippen LogP contribution is 2.69. The molecule has 0 saturated heterocycles. The first-order valence-electron chi connectivity index (χ1n) is 8.31. The van der Waals surface area contributed by atoms with Gasteiger partial charge in [0, 0.05) is 11.1 Å². The number of carbonyl (C=O) groups excluding carboxylic acids is 2. The van der Waals surface area contributed by atoms with E-state index in [1.807, 2.05) is 0 Å². The van der Waals surface area contributed by atoms with E-state index < -0.39 is 25.5 Å². The van der Waals surface area contributed by atoms with E-state index in [1.165, 1.54) is 0 Å². The zero-order chi connectivity index (χ0) is 17.8. The van der Waals surface area contributed by atoms with Crippen LogP contribution in [0.1, 0.15) is 51.4 Å². The normalized spacial score (nSPS) is 20.2. The standard InChI is InChI=1S/C18H26O6/c1-13(15(21)23-11-19)9-18(10-14(2)16(22)24-12-20)8-7-17(18)5-3-4-6-17/h19-20H,1-12H2. The summed E-state index contributed by atoms with van der Waals surface area (Å²) >= 11 is 0. The van der Waals surface area contributed by atoms with E-state index in [4.69, 9.17) is 10.2 Å². The van der Waals surface area contributed by atoms with Crippen molar-refractivity contribution < 1.29 is 29.3 Å². The van der Waals surface area contributed by atoms with E-state index in [2.05, 4.69) is 22.6 Å². The lowest BCUT2D eigenvalue weighted by atomic mass is 9.45. The van der Waals surface area contributed by atoms with Crippen molar-refractivity contribution >= 4 is 11.9 Å². The summed E-state index contributed by atoms with van der Waals surface area (Å²) in [6, 6.07) is 0.